The first-order valence-corrected chi connectivity index (χ1v) is 9.55. The third-order valence-electron chi connectivity index (χ3n) is 4.03. The SMILES string of the molecule is CCCCOc1ccc(C(=O)N=c2sc3cccc(F)c3n2CC)cc1. The highest BCUT2D eigenvalue weighted by atomic mass is 32.1. The van der Waals surface area contributed by atoms with Gasteiger partial charge in [0.25, 0.3) is 5.91 Å². The molecule has 26 heavy (non-hydrogen) atoms. The van der Waals surface area contributed by atoms with Crippen molar-refractivity contribution in [1.82, 2.24) is 4.57 Å². The zero-order valence-electron chi connectivity index (χ0n) is 14.9. The number of nitrogens with zero attached hydrogens (tertiary/aromatic N) is 2. The fourth-order valence-electron chi connectivity index (χ4n) is 2.65. The Morgan fingerprint density at radius 3 is 2.65 bits per heavy atom. The number of hydrogen-bond acceptors (Lipinski definition) is 3. The number of aromatic nitrogens is 1. The predicted molar refractivity (Wildman–Crippen MR) is 102 cm³/mol. The van der Waals surface area contributed by atoms with Crippen molar-refractivity contribution in [3.63, 3.8) is 0 Å². The maximum absolute atomic E-state index is 14.1. The first kappa shape index (κ1) is 18.3. The molecule has 0 saturated heterocycles. The standard InChI is InChI=1S/C20H21FN2O2S/c1-3-5-13-25-15-11-9-14(10-12-15)19(24)22-20-23(4-2)18-16(21)7-6-8-17(18)26-20/h6-12H,3-5,13H2,1-2H3. The summed E-state index contributed by atoms with van der Waals surface area (Å²) in [7, 11) is 0. The third-order valence-corrected chi connectivity index (χ3v) is 5.08. The van der Waals surface area contributed by atoms with Gasteiger partial charge in [-0.3, -0.25) is 4.79 Å². The van der Waals surface area contributed by atoms with E-state index in [1.54, 1.807) is 34.9 Å². The van der Waals surface area contributed by atoms with Crippen LogP contribution in [0.25, 0.3) is 10.2 Å². The van der Waals surface area contributed by atoms with E-state index in [1.807, 2.05) is 13.0 Å². The maximum Gasteiger partial charge on any atom is 0.279 e. The van der Waals surface area contributed by atoms with Crippen molar-refractivity contribution in [3.05, 3.63) is 58.6 Å². The second kappa shape index (κ2) is 8.27. The monoisotopic (exact) mass is 372 g/mol. The van der Waals surface area contributed by atoms with E-state index in [2.05, 4.69) is 11.9 Å². The van der Waals surface area contributed by atoms with Gasteiger partial charge in [0, 0.05) is 12.1 Å². The second-order valence-electron chi connectivity index (χ2n) is 5.86. The van der Waals surface area contributed by atoms with E-state index < -0.39 is 0 Å². The Hall–Kier alpha value is -2.47. The number of ether oxygens (including phenoxy) is 1. The highest BCUT2D eigenvalue weighted by molar-refractivity contribution is 7.16. The van der Waals surface area contributed by atoms with Gasteiger partial charge in [-0.15, -0.1) is 0 Å². The van der Waals surface area contributed by atoms with Crippen LogP contribution in [0.1, 0.15) is 37.0 Å². The topological polar surface area (TPSA) is 43.6 Å². The Bertz CT molecular complexity index is 974. The van der Waals surface area contributed by atoms with Gasteiger partial charge in [0.05, 0.1) is 16.8 Å². The molecular weight excluding hydrogens is 351 g/mol. The number of para-hydroxylation sites is 1. The summed E-state index contributed by atoms with van der Waals surface area (Å²) in [5.41, 5.74) is 0.972. The molecule has 0 atom stereocenters. The van der Waals surface area contributed by atoms with Gasteiger partial charge in [-0.2, -0.15) is 4.99 Å². The molecule has 6 heteroatoms. The molecule has 136 valence electrons. The number of hydrogen-bond donors (Lipinski definition) is 0. The number of rotatable bonds is 6. The molecule has 0 spiro atoms. The van der Waals surface area contributed by atoms with Gasteiger partial charge in [-0.1, -0.05) is 30.7 Å². The molecule has 0 unspecified atom stereocenters. The van der Waals surface area contributed by atoms with Gasteiger partial charge in [0.15, 0.2) is 4.80 Å². The molecule has 0 aliphatic heterocycles. The number of aryl methyl sites for hydroxylation is 1. The third kappa shape index (κ3) is 3.85. The minimum atomic E-state index is -0.348. The lowest BCUT2D eigenvalue weighted by Crippen LogP contribution is -2.16. The van der Waals surface area contributed by atoms with Crippen LogP contribution >= 0.6 is 11.3 Å². The average Bonchev–Trinajstić information content (AvgIpc) is 3.01. The summed E-state index contributed by atoms with van der Waals surface area (Å²) < 4.78 is 22.2. The van der Waals surface area contributed by atoms with Crippen LogP contribution in [0.15, 0.2) is 47.5 Å². The van der Waals surface area contributed by atoms with Crippen molar-refractivity contribution >= 4 is 27.5 Å². The minimum absolute atomic E-state index is 0.303. The predicted octanol–water partition coefficient (Wildman–Crippen LogP) is 4.78. The lowest BCUT2D eigenvalue weighted by atomic mass is 10.2. The van der Waals surface area contributed by atoms with Crippen LogP contribution in [0.4, 0.5) is 4.39 Å². The van der Waals surface area contributed by atoms with Crippen molar-refractivity contribution in [2.24, 2.45) is 4.99 Å². The molecule has 0 N–H and O–H groups in total. The van der Waals surface area contributed by atoms with Crippen LogP contribution in [0.2, 0.25) is 0 Å². The molecule has 4 nitrogen and oxygen atoms in total. The maximum atomic E-state index is 14.1. The van der Waals surface area contributed by atoms with E-state index in [4.69, 9.17) is 4.74 Å². The van der Waals surface area contributed by atoms with Crippen molar-refractivity contribution < 1.29 is 13.9 Å². The number of unbranched alkanes of at least 4 members (excludes halogenated alkanes) is 1. The van der Waals surface area contributed by atoms with Crippen LogP contribution in [0.5, 0.6) is 5.75 Å². The lowest BCUT2D eigenvalue weighted by Gasteiger charge is -2.05. The van der Waals surface area contributed by atoms with Gasteiger partial charge < -0.3 is 9.30 Å². The number of thiazole rings is 1. The van der Waals surface area contributed by atoms with Gasteiger partial charge >= 0.3 is 0 Å². The Morgan fingerprint density at radius 1 is 1.19 bits per heavy atom. The molecule has 0 bridgehead atoms. The minimum Gasteiger partial charge on any atom is -0.494 e. The Balaban J connectivity index is 1.89. The molecule has 1 heterocycles. The number of amides is 1. The summed E-state index contributed by atoms with van der Waals surface area (Å²) in [4.78, 5) is 17.2. The highest BCUT2D eigenvalue weighted by Crippen LogP contribution is 2.20. The molecule has 0 aliphatic rings. The summed E-state index contributed by atoms with van der Waals surface area (Å²) >= 11 is 1.31. The van der Waals surface area contributed by atoms with Crippen LogP contribution in [-0.4, -0.2) is 17.1 Å². The van der Waals surface area contributed by atoms with Crippen LogP contribution in [0.3, 0.4) is 0 Å². The zero-order chi connectivity index (χ0) is 18.5. The first-order valence-electron chi connectivity index (χ1n) is 8.73. The molecule has 1 aromatic heterocycles. The Labute approximate surface area is 155 Å². The fourth-order valence-corrected chi connectivity index (χ4v) is 3.75. The van der Waals surface area contributed by atoms with Crippen molar-refractivity contribution in [2.45, 2.75) is 33.2 Å². The number of carbonyl (C=O) groups is 1. The summed E-state index contributed by atoms with van der Waals surface area (Å²) in [6, 6.07) is 11.9. The van der Waals surface area contributed by atoms with Crippen LogP contribution in [0, 0.1) is 5.82 Å². The van der Waals surface area contributed by atoms with Crippen molar-refractivity contribution in [1.29, 1.82) is 0 Å². The average molecular weight is 372 g/mol. The fraction of sp³-hybridized carbons (Fsp3) is 0.300. The summed E-state index contributed by atoms with van der Waals surface area (Å²) in [5.74, 6) is 0.0879. The molecule has 0 saturated carbocycles. The van der Waals surface area contributed by atoms with Gasteiger partial charge in [0.2, 0.25) is 0 Å². The summed E-state index contributed by atoms with van der Waals surface area (Å²) in [6.45, 7) is 5.22. The number of halogens is 1. The molecule has 0 fully saturated rings. The quantitative estimate of drug-likeness (QED) is 0.584. The molecule has 3 rings (SSSR count). The van der Waals surface area contributed by atoms with E-state index >= 15 is 0 Å². The van der Waals surface area contributed by atoms with E-state index in [0.29, 0.717) is 29.0 Å². The highest BCUT2D eigenvalue weighted by Gasteiger charge is 2.11. The molecule has 1 amide bonds. The number of benzene rings is 2. The van der Waals surface area contributed by atoms with Crippen LogP contribution in [-0.2, 0) is 6.54 Å². The smallest absolute Gasteiger partial charge is 0.279 e. The Morgan fingerprint density at radius 2 is 1.96 bits per heavy atom. The molecule has 3 aromatic rings. The largest absolute Gasteiger partial charge is 0.494 e. The van der Waals surface area contributed by atoms with Gasteiger partial charge in [-0.05, 0) is 49.7 Å². The second-order valence-corrected chi connectivity index (χ2v) is 6.87. The lowest BCUT2D eigenvalue weighted by molar-refractivity contribution is 0.0998. The van der Waals surface area contributed by atoms with Gasteiger partial charge in [0.1, 0.15) is 11.6 Å². The molecule has 2 aromatic carbocycles. The van der Waals surface area contributed by atoms with Gasteiger partial charge in [-0.25, -0.2) is 4.39 Å². The van der Waals surface area contributed by atoms with E-state index in [9.17, 15) is 9.18 Å². The first-order chi connectivity index (χ1) is 12.6. The Kier molecular flexibility index (Phi) is 5.83. The van der Waals surface area contributed by atoms with E-state index in [-0.39, 0.29) is 11.7 Å². The van der Waals surface area contributed by atoms with E-state index in [0.717, 1.165) is 23.3 Å². The molecule has 0 aliphatic carbocycles. The molecular formula is C20H21FN2O2S. The number of fused-ring (bicyclic) bond motifs is 1. The van der Waals surface area contributed by atoms with Crippen LogP contribution < -0.4 is 9.54 Å². The van der Waals surface area contributed by atoms with E-state index in [1.165, 1.54) is 17.4 Å². The van der Waals surface area contributed by atoms with Crippen molar-refractivity contribution in [3.8, 4) is 5.75 Å². The molecule has 0 radical (unpaired) electrons. The number of carbonyl (C=O) groups excluding carboxylic acids is 1. The van der Waals surface area contributed by atoms with Crippen molar-refractivity contribution in [2.75, 3.05) is 6.61 Å². The zero-order valence-corrected chi connectivity index (χ0v) is 15.7. The summed E-state index contributed by atoms with van der Waals surface area (Å²) in [5, 5.41) is 0. The normalized spacial score (nSPS) is 11.9. The summed E-state index contributed by atoms with van der Waals surface area (Å²) in [6.07, 6.45) is 2.07.